The average Bonchev–Trinajstić information content (AvgIpc) is 3.12. The summed E-state index contributed by atoms with van der Waals surface area (Å²) < 4.78 is 11.4. The van der Waals surface area contributed by atoms with E-state index in [1.54, 1.807) is 6.07 Å². The monoisotopic (exact) mass is 302 g/mol. The van der Waals surface area contributed by atoms with Crippen molar-refractivity contribution in [3.05, 3.63) is 29.3 Å². The Hall–Kier alpha value is -1.92. The summed E-state index contributed by atoms with van der Waals surface area (Å²) in [6.07, 6.45) is 1.77. The second-order valence-corrected chi connectivity index (χ2v) is 6.00. The quantitative estimate of drug-likeness (QED) is 0.845. The highest BCUT2D eigenvalue weighted by Gasteiger charge is 2.40. The molecule has 1 spiro atoms. The first-order valence-electron chi connectivity index (χ1n) is 7.65. The molecule has 116 valence electrons. The maximum Gasteiger partial charge on any atom is 0.253 e. The Morgan fingerprint density at radius 3 is 2.64 bits per heavy atom. The molecule has 2 amide bonds. The van der Waals surface area contributed by atoms with Crippen molar-refractivity contribution >= 4 is 17.5 Å². The van der Waals surface area contributed by atoms with E-state index in [1.807, 2.05) is 17.0 Å². The molecule has 6 nitrogen and oxygen atoms in total. The maximum absolute atomic E-state index is 12.6. The summed E-state index contributed by atoms with van der Waals surface area (Å²) >= 11 is 0. The molecule has 2 fully saturated rings. The van der Waals surface area contributed by atoms with Gasteiger partial charge in [0.15, 0.2) is 5.79 Å². The first-order valence-corrected chi connectivity index (χ1v) is 7.65. The van der Waals surface area contributed by atoms with Gasteiger partial charge >= 0.3 is 0 Å². The minimum Gasteiger partial charge on any atom is -0.347 e. The molecule has 0 aromatic heterocycles. The van der Waals surface area contributed by atoms with Crippen molar-refractivity contribution in [1.29, 1.82) is 0 Å². The number of likely N-dealkylation sites (tertiary alicyclic amines) is 1. The molecule has 0 aliphatic carbocycles. The Kier molecular flexibility index (Phi) is 3.16. The van der Waals surface area contributed by atoms with Crippen LogP contribution in [0, 0.1) is 0 Å². The summed E-state index contributed by atoms with van der Waals surface area (Å²) in [7, 11) is 0. The van der Waals surface area contributed by atoms with Crippen LogP contribution in [0.15, 0.2) is 18.2 Å². The van der Waals surface area contributed by atoms with E-state index in [2.05, 4.69) is 5.32 Å². The minimum atomic E-state index is -0.467. The van der Waals surface area contributed by atoms with Gasteiger partial charge < -0.3 is 19.7 Å². The number of benzene rings is 1. The lowest BCUT2D eigenvalue weighted by molar-refractivity contribution is -0.181. The normalized spacial score (nSPS) is 22.7. The first-order chi connectivity index (χ1) is 10.7. The van der Waals surface area contributed by atoms with Crippen molar-refractivity contribution in [2.24, 2.45) is 0 Å². The molecule has 1 N–H and O–H groups in total. The van der Waals surface area contributed by atoms with Gasteiger partial charge in [-0.1, -0.05) is 0 Å². The van der Waals surface area contributed by atoms with Gasteiger partial charge in [-0.3, -0.25) is 9.59 Å². The van der Waals surface area contributed by atoms with E-state index in [9.17, 15) is 9.59 Å². The Labute approximate surface area is 128 Å². The van der Waals surface area contributed by atoms with Gasteiger partial charge in [0.2, 0.25) is 5.91 Å². The number of carbonyl (C=O) groups excluding carboxylic acids is 2. The lowest BCUT2D eigenvalue weighted by Crippen LogP contribution is -2.47. The Bertz CT molecular complexity index is 627. The van der Waals surface area contributed by atoms with E-state index in [0.29, 0.717) is 51.1 Å². The molecule has 0 saturated carbocycles. The molecule has 3 aliphatic rings. The number of piperidine rings is 1. The van der Waals surface area contributed by atoms with E-state index in [-0.39, 0.29) is 11.8 Å². The van der Waals surface area contributed by atoms with E-state index >= 15 is 0 Å². The van der Waals surface area contributed by atoms with E-state index < -0.39 is 5.79 Å². The smallest absolute Gasteiger partial charge is 0.253 e. The summed E-state index contributed by atoms with van der Waals surface area (Å²) in [6, 6.07) is 5.41. The van der Waals surface area contributed by atoms with Crippen LogP contribution < -0.4 is 5.32 Å². The van der Waals surface area contributed by atoms with Crippen LogP contribution in [-0.4, -0.2) is 48.8 Å². The van der Waals surface area contributed by atoms with Gasteiger partial charge in [-0.05, 0) is 23.8 Å². The van der Waals surface area contributed by atoms with Crippen molar-refractivity contribution in [3.8, 4) is 0 Å². The third-order valence-corrected chi connectivity index (χ3v) is 4.60. The van der Waals surface area contributed by atoms with Crippen LogP contribution in [0.1, 0.15) is 28.8 Å². The van der Waals surface area contributed by atoms with Gasteiger partial charge in [-0.2, -0.15) is 0 Å². The third kappa shape index (κ3) is 2.28. The molecule has 3 heterocycles. The molecule has 22 heavy (non-hydrogen) atoms. The highest BCUT2D eigenvalue weighted by molar-refractivity contribution is 6.01. The van der Waals surface area contributed by atoms with Crippen LogP contribution in [0.3, 0.4) is 0 Å². The molecule has 4 rings (SSSR count). The number of ether oxygens (including phenoxy) is 2. The van der Waals surface area contributed by atoms with Crippen molar-refractivity contribution in [3.63, 3.8) is 0 Å². The summed E-state index contributed by atoms with van der Waals surface area (Å²) in [5, 5.41) is 2.78. The molecule has 2 saturated heterocycles. The largest absolute Gasteiger partial charge is 0.347 e. The fraction of sp³-hybridized carbons (Fsp3) is 0.500. The maximum atomic E-state index is 12.6. The number of hydrogen-bond donors (Lipinski definition) is 1. The molecular formula is C16H18N2O4. The fourth-order valence-corrected chi connectivity index (χ4v) is 3.38. The fourth-order valence-electron chi connectivity index (χ4n) is 3.38. The third-order valence-electron chi connectivity index (χ3n) is 4.60. The second-order valence-electron chi connectivity index (χ2n) is 6.00. The first kappa shape index (κ1) is 13.7. The van der Waals surface area contributed by atoms with Crippen molar-refractivity contribution in [1.82, 2.24) is 4.90 Å². The predicted octanol–water partition coefficient (Wildman–Crippen LogP) is 1.16. The summed E-state index contributed by atoms with van der Waals surface area (Å²) in [5.74, 6) is -0.476. The minimum absolute atomic E-state index is 0.00926. The zero-order chi connectivity index (χ0) is 15.2. The van der Waals surface area contributed by atoms with Crippen molar-refractivity contribution < 1.29 is 19.1 Å². The zero-order valence-corrected chi connectivity index (χ0v) is 12.3. The molecule has 0 atom stereocenters. The molecule has 1 aromatic carbocycles. The molecule has 0 unspecified atom stereocenters. The summed E-state index contributed by atoms with van der Waals surface area (Å²) in [4.78, 5) is 25.9. The van der Waals surface area contributed by atoms with E-state index in [1.165, 1.54) is 0 Å². The van der Waals surface area contributed by atoms with Gasteiger partial charge in [-0.15, -0.1) is 0 Å². The van der Waals surface area contributed by atoms with Crippen LogP contribution in [0.5, 0.6) is 0 Å². The van der Waals surface area contributed by atoms with Crippen LogP contribution >= 0.6 is 0 Å². The van der Waals surface area contributed by atoms with Crippen LogP contribution in [-0.2, 0) is 20.7 Å². The SMILES string of the molecule is O=C1Cc2cc(C(=O)N3CCC4(CC3)OCCO4)ccc2N1. The van der Waals surface area contributed by atoms with Crippen molar-refractivity contribution in [2.45, 2.75) is 25.0 Å². The number of nitrogens with one attached hydrogen (secondary N) is 1. The van der Waals surface area contributed by atoms with Gasteiger partial charge in [0, 0.05) is 37.2 Å². The lowest BCUT2D eigenvalue weighted by atomic mass is 10.0. The van der Waals surface area contributed by atoms with Gasteiger partial charge in [0.1, 0.15) is 0 Å². The number of nitrogens with zero attached hydrogens (tertiary/aromatic N) is 1. The summed E-state index contributed by atoms with van der Waals surface area (Å²) in [6.45, 7) is 2.54. The second kappa shape index (κ2) is 5.07. The predicted molar refractivity (Wildman–Crippen MR) is 78.5 cm³/mol. The van der Waals surface area contributed by atoms with Crippen LogP contribution in [0.2, 0.25) is 0 Å². The highest BCUT2D eigenvalue weighted by Crippen LogP contribution is 2.32. The molecule has 1 aromatic rings. The van der Waals surface area contributed by atoms with Gasteiger partial charge in [0.05, 0.1) is 19.6 Å². The topological polar surface area (TPSA) is 67.9 Å². The zero-order valence-electron chi connectivity index (χ0n) is 12.3. The Morgan fingerprint density at radius 1 is 1.18 bits per heavy atom. The van der Waals surface area contributed by atoms with Gasteiger partial charge in [0.25, 0.3) is 5.91 Å². The number of rotatable bonds is 1. The standard InChI is InChI=1S/C16H18N2O4/c19-14-10-12-9-11(1-2-13(12)17-14)15(20)18-5-3-16(4-6-18)21-7-8-22-16/h1-2,9H,3-8,10H2,(H,17,19). The highest BCUT2D eigenvalue weighted by atomic mass is 16.7. The van der Waals surface area contributed by atoms with Crippen LogP contribution in [0.25, 0.3) is 0 Å². The summed E-state index contributed by atoms with van der Waals surface area (Å²) in [5.41, 5.74) is 2.35. The Morgan fingerprint density at radius 2 is 1.91 bits per heavy atom. The van der Waals surface area contributed by atoms with Crippen LogP contribution in [0.4, 0.5) is 5.69 Å². The average molecular weight is 302 g/mol. The lowest BCUT2D eigenvalue weighted by Gasteiger charge is -2.37. The number of fused-ring (bicyclic) bond motifs is 1. The van der Waals surface area contributed by atoms with Crippen molar-refractivity contribution in [2.75, 3.05) is 31.6 Å². The number of anilines is 1. The number of amides is 2. The van der Waals surface area contributed by atoms with Gasteiger partial charge in [-0.25, -0.2) is 0 Å². The van der Waals surface area contributed by atoms with E-state index in [4.69, 9.17) is 9.47 Å². The molecule has 3 aliphatic heterocycles. The number of carbonyl (C=O) groups is 2. The number of hydrogen-bond acceptors (Lipinski definition) is 4. The molecule has 0 bridgehead atoms. The molecule has 6 heteroatoms. The Balaban J connectivity index is 1.47. The molecular weight excluding hydrogens is 284 g/mol. The van der Waals surface area contributed by atoms with E-state index in [0.717, 1.165) is 11.3 Å². The molecule has 0 radical (unpaired) electrons.